The summed E-state index contributed by atoms with van der Waals surface area (Å²) >= 11 is 0. The summed E-state index contributed by atoms with van der Waals surface area (Å²) in [4.78, 5) is 0. The first-order valence-corrected chi connectivity index (χ1v) is 4.61. The zero-order valence-corrected chi connectivity index (χ0v) is 7.80. The first kappa shape index (κ1) is 8.58. The molecule has 0 bridgehead atoms. The van der Waals surface area contributed by atoms with Crippen LogP contribution in [-0.2, 0) is 0 Å². The van der Waals surface area contributed by atoms with Crippen molar-refractivity contribution in [2.24, 2.45) is 11.8 Å². The van der Waals surface area contributed by atoms with Crippen LogP contribution in [-0.4, -0.2) is 0 Å². The molecule has 0 radical (unpaired) electrons. The van der Waals surface area contributed by atoms with Crippen LogP contribution in [0.15, 0.2) is 23.8 Å². The zero-order valence-electron chi connectivity index (χ0n) is 7.80. The van der Waals surface area contributed by atoms with Crippen molar-refractivity contribution in [3.63, 3.8) is 0 Å². The second-order valence-corrected chi connectivity index (χ2v) is 3.55. The monoisotopic (exact) mass is 150 g/mol. The highest BCUT2D eigenvalue weighted by Gasteiger charge is 2.14. The molecule has 1 rings (SSSR count). The average molecular weight is 150 g/mol. The summed E-state index contributed by atoms with van der Waals surface area (Å²) in [6, 6.07) is 0. The third-order valence-electron chi connectivity index (χ3n) is 2.88. The molecular weight excluding hydrogens is 132 g/mol. The molecule has 0 aromatic rings. The molecule has 0 saturated carbocycles. The van der Waals surface area contributed by atoms with Gasteiger partial charge >= 0.3 is 0 Å². The van der Waals surface area contributed by atoms with Gasteiger partial charge in [0.1, 0.15) is 0 Å². The Hall–Kier alpha value is -0.520. The summed E-state index contributed by atoms with van der Waals surface area (Å²) < 4.78 is 0. The smallest absolute Gasteiger partial charge is 0.0130 e. The van der Waals surface area contributed by atoms with Crippen LogP contribution in [0.5, 0.6) is 0 Å². The van der Waals surface area contributed by atoms with Crippen LogP contribution in [0.25, 0.3) is 0 Å². The molecule has 0 fully saturated rings. The molecule has 0 aromatic carbocycles. The van der Waals surface area contributed by atoms with E-state index in [9.17, 15) is 0 Å². The van der Waals surface area contributed by atoms with Crippen LogP contribution in [0.2, 0.25) is 0 Å². The quantitative estimate of drug-likeness (QED) is 0.577. The molecular formula is C11H18. The fourth-order valence-corrected chi connectivity index (χ4v) is 1.52. The number of allylic oxidation sites excluding steroid dienone is 4. The van der Waals surface area contributed by atoms with Gasteiger partial charge in [0.2, 0.25) is 0 Å². The van der Waals surface area contributed by atoms with Crippen LogP contribution in [0.4, 0.5) is 0 Å². The normalized spacial score (nSPS) is 21.5. The minimum atomic E-state index is 0.773. The summed E-state index contributed by atoms with van der Waals surface area (Å²) in [5.41, 5.74) is 1.61. The molecule has 0 saturated heterocycles. The molecule has 0 spiro atoms. The average Bonchev–Trinajstić information content (AvgIpc) is 2.53. The summed E-state index contributed by atoms with van der Waals surface area (Å²) in [5, 5.41) is 0. The van der Waals surface area contributed by atoms with Gasteiger partial charge in [-0.05, 0) is 18.3 Å². The molecule has 1 aliphatic rings. The fourth-order valence-electron chi connectivity index (χ4n) is 1.52. The lowest BCUT2D eigenvalue weighted by molar-refractivity contribution is 0.424. The van der Waals surface area contributed by atoms with E-state index in [0.717, 1.165) is 11.8 Å². The van der Waals surface area contributed by atoms with Crippen molar-refractivity contribution in [1.29, 1.82) is 0 Å². The summed E-state index contributed by atoms with van der Waals surface area (Å²) in [5.74, 6) is 1.61. The van der Waals surface area contributed by atoms with Crippen LogP contribution < -0.4 is 0 Å². The fraction of sp³-hybridized carbons (Fsp3) is 0.636. The van der Waals surface area contributed by atoms with Crippen molar-refractivity contribution >= 4 is 0 Å². The second-order valence-electron chi connectivity index (χ2n) is 3.55. The van der Waals surface area contributed by atoms with Gasteiger partial charge in [-0.1, -0.05) is 51.0 Å². The Morgan fingerprint density at radius 1 is 1.45 bits per heavy atom. The van der Waals surface area contributed by atoms with E-state index in [0.29, 0.717) is 0 Å². The Bertz CT molecular complexity index is 174. The van der Waals surface area contributed by atoms with Crippen molar-refractivity contribution in [2.75, 3.05) is 0 Å². The molecule has 0 nitrogen and oxygen atoms in total. The van der Waals surface area contributed by atoms with E-state index in [1.165, 1.54) is 12.8 Å². The maximum atomic E-state index is 2.34. The van der Waals surface area contributed by atoms with Gasteiger partial charge in [-0.15, -0.1) is 0 Å². The molecule has 0 amide bonds. The Balaban J connectivity index is 2.47. The molecule has 2 unspecified atom stereocenters. The van der Waals surface area contributed by atoms with Gasteiger partial charge in [-0.25, -0.2) is 0 Å². The largest absolute Gasteiger partial charge is 0.0805 e. The SMILES string of the molecule is CCC(C)C(C)C1=CC=CC1. The molecule has 62 valence electrons. The molecule has 1 aliphatic carbocycles. The summed E-state index contributed by atoms with van der Waals surface area (Å²) in [6.45, 7) is 6.95. The molecule has 0 aliphatic heterocycles. The lowest BCUT2D eigenvalue weighted by atomic mass is 9.86. The van der Waals surface area contributed by atoms with Gasteiger partial charge < -0.3 is 0 Å². The zero-order chi connectivity index (χ0) is 8.27. The van der Waals surface area contributed by atoms with Crippen molar-refractivity contribution in [3.05, 3.63) is 23.8 Å². The van der Waals surface area contributed by atoms with Crippen LogP contribution in [0, 0.1) is 11.8 Å². The van der Waals surface area contributed by atoms with Gasteiger partial charge in [0.25, 0.3) is 0 Å². The van der Waals surface area contributed by atoms with Crippen LogP contribution >= 0.6 is 0 Å². The number of hydrogen-bond acceptors (Lipinski definition) is 0. The molecule has 0 aromatic heterocycles. The summed E-state index contributed by atoms with van der Waals surface area (Å²) in [6.07, 6.45) is 9.17. The van der Waals surface area contributed by atoms with E-state index in [4.69, 9.17) is 0 Å². The van der Waals surface area contributed by atoms with Gasteiger partial charge in [-0.3, -0.25) is 0 Å². The summed E-state index contributed by atoms with van der Waals surface area (Å²) in [7, 11) is 0. The van der Waals surface area contributed by atoms with Crippen LogP contribution in [0.3, 0.4) is 0 Å². The van der Waals surface area contributed by atoms with Gasteiger partial charge in [0.15, 0.2) is 0 Å². The van der Waals surface area contributed by atoms with Gasteiger partial charge in [-0.2, -0.15) is 0 Å². The standard InChI is InChI=1S/C11H18/c1-4-9(2)10(3)11-7-5-6-8-11/h5-7,9-10H,4,8H2,1-3H3. The van der Waals surface area contributed by atoms with Crippen molar-refractivity contribution in [3.8, 4) is 0 Å². The van der Waals surface area contributed by atoms with Crippen LogP contribution in [0.1, 0.15) is 33.6 Å². The molecule has 0 heterocycles. The van der Waals surface area contributed by atoms with E-state index in [2.05, 4.69) is 39.0 Å². The molecule has 2 atom stereocenters. The predicted octanol–water partition coefficient (Wildman–Crippen LogP) is 3.55. The Morgan fingerprint density at radius 3 is 2.64 bits per heavy atom. The van der Waals surface area contributed by atoms with Crippen molar-refractivity contribution < 1.29 is 0 Å². The highest BCUT2D eigenvalue weighted by Crippen LogP contribution is 2.27. The Labute approximate surface area is 70.0 Å². The number of hydrogen-bond donors (Lipinski definition) is 0. The lowest BCUT2D eigenvalue weighted by Gasteiger charge is -2.19. The molecule has 0 heteroatoms. The van der Waals surface area contributed by atoms with E-state index >= 15 is 0 Å². The minimum Gasteiger partial charge on any atom is -0.0805 e. The van der Waals surface area contributed by atoms with E-state index in [1.54, 1.807) is 5.57 Å². The number of rotatable bonds is 3. The van der Waals surface area contributed by atoms with E-state index in [1.807, 2.05) is 0 Å². The second kappa shape index (κ2) is 3.75. The topological polar surface area (TPSA) is 0 Å². The molecule has 0 N–H and O–H groups in total. The maximum Gasteiger partial charge on any atom is -0.0130 e. The van der Waals surface area contributed by atoms with E-state index < -0.39 is 0 Å². The predicted molar refractivity (Wildman–Crippen MR) is 50.5 cm³/mol. The van der Waals surface area contributed by atoms with Crippen molar-refractivity contribution in [1.82, 2.24) is 0 Å². The van der Waals surface area contributed by atoms with Gasteiger partial charge in [0, 0.05) is 0 Å². The maximum absolute atomic E-state index is 2.34. The van der Waals surface area contributed by atoms with E-state index in [-0.39, 0.29) is 0 Å². The highest BCUT2D eigenvalue weighted by atomic mass is 14.2. The Kier molecular flexibility index (Phi) is 2.92. The first-order chi connectivity index (χ1) is 5.25. The minimum absolute atomic E-state index is 0.773. The Morgan fingerprint density at radius 2 is 2.18 bits per heavy atom. The lowest BCUT2D eigenvalue weighted by Crippen LogP contribution is -2.08. The third-order valence-corrected chi connectivity index (χ3v) is 2.88. The van der Waals surface area contributed by atoms with Gasteiger partial charge in [0.05, 0.1) is 0 Å². The molecule has 11 heavy (non-hydrogen) atoms. The third kappa shape index (κ3) is 1.95. The highest BCUT2D eigenvalue weighted by molar-refractivity contribution is 5.24. The van der Waals surface area contributed by atoms with Crippen molar-refractivity contribution in [2.45, 2.75) is 33.6 Å². The first-order valence-electron chi connectivity index (χ1n) is 4.61.